The fourth-order valence-electron chi connectivity index (χ4n) is 2.26. The summed E-state index contributed by atoms with van der Waals surface area (Å²) in [7, 11) is 6.27. The molecule has 0 aliphatic heterocycles. The third-order valence-electron chi connectivity index (χ3n) is 3.70. The fraction of sp³-hybridized carbons (Fsp3) is 0.625. The molecule has 0 heterocycles. The summed E-state index contributed by atoms with van der Waals surface area (Å²) in [6, 6.07) is 9.72. The van der Waals surface area contributed by atoms with E-state index in [2.05, 4.69) is 30.9 Å². The van der Waals surface area contributed by atoms with Crippen LogP contribution in [0.5, 0.6) is 0 Å². The van der Waals surface area contributed by atoms with E-state index in [4.69, 9.17) is 5.73 Å². The second-order valence-electron chi connectivity index (χ2n) is 5.81. The van der Waals surface area contributed by atoms with Gasteiger partial charge in [0.05, 0.1) is 0 Å². The number of nitrogens with zero attached hydrogens (tertiary/aromatic N) is 2. The summed E-state index contributed by atoms with van der Waals surface area (Å²) in [5.74, 6) is 0. The van der Waals surface area contributed by atoms with Gasteiger partial charge in [-0.15, -0.1) is 0 Å². The average molecular weight is 279 g/mol. The lowest BCUT2D eigenvalue weighted by molar-refractivity contribution is 0.0279. The smallest absolute Gasteiger partial charge is 0.103 e. The van der Waals surface area contributed by atoms with Gasteiger partial charge in [-0.05, 0) is 52.6 Å². The first-order valence-corrected chi connectivity index (χ1v) is 7.29. The summed E-state index contributed by atoms with van der Waals surface area (Å²) in [6.45, 7) is 3.22. The summed E-state index contributed by atoms with van der Waals surface area (Å²) in [5.41, 5.74) is 5.78. The van der Waals surface area contributed by atoms with E-state index in [1.54, 1.807) is 0 Å². The van der Waals surface area contributed by atoms with Crippen LogP contribution < -0.4 is 5.73 Å². The molecule has 0 amide bonds. The Hall–Kier alpha value is -0.940. The molecule has 1 rings (SSSR count). The van der Waals surface area contributed by atoms with Crippen molar-refractivity contribution in [2.45, 2.75) is 18.4 Å². The lowest BCUT2D eigenvalue weighted by Gasteiger charge is -2.29. The Kier molecular flexibility index (Phi) is 7.16. The Morgan fingerprint density at radius 3 is 2.25 bits per heavy atom. The molecular weight excluding hydrogens is 250 g/mol. The van der Waals surface area contributed by atoms with Crippen molar-refractivity contribution in [3.05, 3.63) is 35.9 Å². The first-order valence-electron chi connectivity index (χ1n) is 7.29. The van der Waals surface area contributed by atoms with Gasteiger partial charge in [0, 0.05) is 13.1 Å². The maximum absolute atomic E-state index is 10.7. The lowest BCUT2D eigenvalue weighted by Crippen LogP contribution is -2.38. The predicted octanol–water partition coefficient (Wildman–Crippen LogP) is 1.11. The molecule has 1 aromatic rings. The van der Waals surface area contributed by atoms with Crippen LogP contribution >= 0.6 is 0 Å². The number of hydrogen-bond acceptors (Lipinski definition) is 4. The van der Waals surface area contributed by atoms with Crippen molar-refractivity contribution in [1.82, 2.24) is 9.80 Å². The van der Waals surface area contributed by atoms with Crippen LogP contribution in [0.25, 0.3) is 0 Å². The minimum absolute atomic E-state index is 0.253. The van der Waals surface area contributed by atoms with Crippen LogP contribution in [0, 0.1) is 0 Å². The number of benzene rings is 1. The molecule has 4 heteroatoms. The van der Waals surface area contributed by atoms with Crippen LogP contribution in [0.15, 0.2) is 30.3 Å². The molecular formula is C16H29N3O. The van der Waals surface area contributed by atoms with Gasteiger partial charge < -0.3 is 20.6 Å². The van der Waals surface area contributed by atoms with Crippen LogP contribution in [-0.2, 0) is 5.60 Å². The summed E-state index contributed by atoms with van der Waals surface area (Å²) >= 11 is 0. The molecule has 0 spiro atoms. The molecule has 0 saturated heterocycles. The molecule has 0 aliphatic carbocycles. The SMILES string of the molecule is CN(C)CCCN(C)CCC(O)(CN)c1ccccc1. The van der Waals surface area contributed by atoms with Gasteiger partial charge in [0.2, 0.25) is 0 Å². The van der Waals surface area contributed by atoms with Crippen molar-refractivity contribution in [2.75, 3.05) is 47.3 Å². The molecule has 1 aromatic carbocycles. The molecule has 114 valence electrons. The van der Waals surface area contributed by atoms with Gasteiger partial charge in [-0.2, -0.15) is 0 Å². The highest BCUT2D eigenvalue weighted by Crippen LogP contribution is 2.23. The van der Waals surface area contributed by atoms with Crippen molar-refractivity contribution in [1.29, 1.82) is 0 Å². The average Bonchev–Trinajstić information content (AvgIpc) is 2.45. The van der Waals surface area contributed by atoms with E-state index >= 15 is 0 Å². The topological polar surface area (TPSA) is 52.7 Å². The number of aliphatic hydroxyl groups is 1. The van der Waals surface area contributed by atoms with Gasteiger partial charge in [0.1, 0.15) is 5.60 Å². The van der Waals surface area contributed by atoms with Gasteiger partial charge in [0.15, 0.2) is 0 Å². The van der Waals surface area contributed by atoms with E-state index in [0.717, 1.165) is 31.6 Å². The summed E-state index contributed by atoms with van der Waals surface area (Å²) in [5, 5.41) is 10.7. The highest BCUT2D eigenvalue weighted by molar-refractivity contribution is 5.22. The van der Waals surface area contributed by atoms with Crippen LogP contribution in [0.3, 0.4) is 0 Å². The second-order valence-corrected chi connectivity index (χ2v) is 5.81. The largest absolute Gasteiger partial charge is 0.384 e. The maximum Gasteiger partial charge on any atom is 0.103 e. The van der Waals surface area contributed by atoms with E-state index < -0.39 is 5.60 Å². The fourth-order valence-corrected chi connectivity index (χ4v) is 2.26. The molecule has 3 N–H and O–H groups in total. The summed E-state index contributed by atoms with van der Waals surface area (Å²) < 4.78 is 0. The monoisotopic (exact) mass is 279 g/mol. The maximum atomic E-state index is 10.7. The molecule has 20 heavy (non-hydrogen) atoms. The van der Waals surface area contributed by atoms with E-state index in [1.165, 1.54) is 0 Å². The zero-order valence-electron chi connectivity index (χ0n) is 13.0. The Bertz CT molecular complexity index is 369. The van der Waals surface area contributed by atoms with Gasteiger partial charge in [-0.25, -0.2) is 0 Å². The molecule has 0 aromatic heterocycles. The highest BCUT2D eigenvalue weighted by Gasteiger charge is 2.27. The normalized spacial score (nSPS) is 14.8. The minimum atomic E-state index is -0.920. The minimum Gasteiger partial charge on any atom is -0.384 e. The Morgan fingerprint density at radius 2 is 1.70 bits per heavy atom. The van der Waals surface area contributed by atoms with E-state index in [9.17, 15) is 5.11 Å². The first-order chi connectivity index (χ1) is 9.48. The van der Waals surface area contributed by atoms with Crippen LogP contribution in [0.2, 0.25) is 0 Å². The molecule has 0 saturated carbocycles. The first kappa shape index (κ1) is 17.1. The van der Waals surface area contributed by atoms with Crippen molar-refractivity contribution in [2.24, 2.45) is 5.73 Å². The number of hydrogen-bond donors (Lipinski definition) is 2. The molecule has 4 nitrogen and oxygen atoms in total. The van der Waals surface area contributed by atoms with Crippen LogP contribution in [-0.4, -0.2) is 62.2 Å². The van der Waals surface area contributed by atoms with Crippen molar-refractivity contribution < 1.29 is 5.11 Å². The van der Waals surface area contributed by atoms with Gasteiger partial charge >= 0.3 is 0 Å². The molecule has 1 atom stereocenters. The molecule has 0 radical (unpaired) electrons. The summed E-state index contributed by atoms with van der Waals surface area (Å²) in [4.78, 5) is 4.45. The van der Waals surface area contributed by atoms with Crippen LogP contribution in [0.4, 0.5) is 0 Å². The zero-order chi connectivity index (χ0) is 15.0. The number of rotatable bonds is 9. The third-order valence-corrected chi connectivity index (χ3v) is 3.70. The lowest BCUT2D eigenvalue weighted by atomic mass is 9.90. The van der Waals surface area contributed by atoms with Crippen molar-refractivity contribution >= 4 is 0 Å². The second kappa shape index (κ2) is 8.37. The summed E-state index contributed by atoms with van der Waals surface area (Å²) in [6.07, 6.45) is 1.79. The standard InChI is InChI=1S/C16H29N3O/c1-18(2)11-7-12-19(3)13-10-16(20,14-17)15-8-5-4-6-9-15/h4-6,8-9,20H,7,10-14,17H2,1-3H3. The highest BCUT2D eigenvalue weighted by atomic mass is 16.3. The molecule has 0 aliphatic rings. The van der Waals surface area contributed by atoms with Gasteiger partial charge in [-0.3, -0.25) is 0 Å². The quantitative estimate of drug-likeness (QED) is 0.711. The predicted molar refractivity (Wildman–Crippen MR) is 84.7 cm³/mol. The van der Waals surface area contributed by atoms with Crippen molar-refractivity contribution in [3.8, 4) is 0 Å². The Balaban J connectivity index is 2.45. The molecule has 1 unspecified atom stereocenters. The van der Waals surface area contributed by atoms with Gasteiger partial charge in [0.25, 0.3) is 0 Å². The van der Waals surface area contributed by atoms with E-state index in [1.807, 2.05) is 30.3 Å². The van der Waals surface area contributed by atoms with Gasteiger partial charge in [-0.1, -0.05) is 30.3 Å². The third kappa shape index (κ3) is 5.59. The Morgan fingerprint density at radius 1 is 1.05 bits per heavy atom. The van der Waals surface area contributed by atoms with E-state index in [-0.39, 0.29) is 6.54 Å². The van der Waals surface area contributed by atoms with Crippen LogP contribution in [0.1, 0.15) is 18.4 Å². The number of nitrogens with two attached hydrogens (primary N) is 1. The molecule has 0 fully saturated rings. The Labute approximate surface area is 123 Å². The zero-order valence-corrected chi connectivity index (χ0v) is 13.0. The van der Waals surface area contributed by atoms with E-state index in [0.29, 0.717) is 6.42 Å². The van der Waals surface area contributed by atoms with Crippen molar-refractivity contribution in [3.63, 3.8) is 0 Å². The molecule has 0 bridgehead atoms.